The average Bonchev–Trinajstić information content (AvgIpc) is 3.06. The molecule has 1 fully saturated rings. The molecule has 156 valence electrons. The van der Waals surface area contributed by atoms with E-state index in [1.165, 1.54) is 22.3 Å². The first-order chi connectivity index (χ1) is 14.0. The molecule has 1 aliphatic carbocycles. The Bertz CT molecular complexity index is 819. The molecule has 0 N–H and O–H groups in total. The Morgan fingerprint density at radius 3 is 2.28 bits per heavy atom. The van der Waals surface area contributed by atoms with E-state index in [-0.39, 0.29) is 6.42 Å². The van der Waals surface area contributed by atoms with Crippen LogP contribution in [0.4, 0.5) is 4.39 Å². The van der Waals surface area contributed by atoms with E-state index >= 15 is 4.39 Å². The smallest absolute Gasteiger partial charge is 0.273 e. The fourth-order valence-electron chi connectivity index (χ4n) is 4.96. The maximum absolute atomic E-state index is 15.4. The van der Waals surface area contributed by atoms with Gasteiger partial charge >= 0.3 is 0 Å². The van der Waals surface area contributed by atoms with Gasteiger partial charge in [0.2, 0.25) is 5.67 Å². The number of amides is 1. The largest absolute Gasteiger partial charge is 0.328 e. The lowest BCUT2D eigenvalue weighted by atomic mass is 9.93. The van der Waals surface area contributed by atoms with Crippen LogP contribution in [0.15, 0.2) is 12.1 Å². The molecule has 1 aromatic carbocycles. The quantitative estimate of drug-likeness (QED) is 0.314. The zero-order valence-electron chi connectivity index (χ0n) is 16.8. The number of hydrogen-bond donors (Lipinski definition) is 0. The number of carbonyl (C=O) groups excluding carboxylic acids is 1. The van der Waals surface area contributed by atoms with Crippen LogP contribution in [0.1, 0.15) is 54.4 Å². The lowest BCUT2D eigenvalue weighted by molar-refractivity contribution is -0.950. The van der Waals surface area contributed by atoms with Crippen LogP contribution in [0.25, 0.3) is 0 Å². The number of alkyl halides is 3. The van der Waals surface area contributed by atoms with Crippen molar-refractivity contribution in [2.45, 2.75) is 61.5 Å². The topological polar surface area (TPSA) is 20.3 Å². The van der Waals surface area contributed by atoms with Crippen LogP contribution in [0.2, 0.25) is 0 Å². The molecule has 1 spiro atoms. The second-order valence-corrected chi connectivity index (χ2v) is 9.84. The highest BCUT2D eigenvalue weighted by atomic mass is 79.9. The predicted molar refractivity (Wildman–Crippen MR) is 120 cm³/mol. The molecule has 1 unspecified atom stereocenters. The van der Waals surface area contributed by atoms with Crippen molar-refractivity contribution in [3.05, 3.63) is 34.4 Å². The Morgan fingerprint density at radius 2 is 1.69 bits per heavy atom. The molecular weight excluding hydrogens is 499 g/mol. The van der Waals surface area contributed by atoms with E-state index in [1.54, 1.807) is 4.90 Å². The summed E-state index contributed by atoms with van der Waals surface area (Å²) < 4.78 is 16.3. The molecule has 6 heteroatoms. The van der Waals surface area contributed by atoms with Gasteiger partial charge in [-0.2, -0.15) is 0 Å². The molecule has 0 saturated carbocycles. The molecule has 4 rings (SSSR count). The third kappa shape index (κ3) is 4.29. The fourth-order valence-corrected chi connectivity index (χ4v) is 6.00. The van der Waals surface area contributed by atoms with Gasteiger partial charge in [0.1, 0.15) is 13.1 Å². The number of carbonyl (C=O) groups is 1. The highest BCUT2D eigenvalue weighted by Gasteiger charge is 2.45. The van der Waals surface area contributed by atoms with Crippen molar-refractivity contribution in [2.24, 2.45) is 0 Å². The molecule has 29 heavy (non-hydrogen) atoms. The van der Waals surface area contributed by atoms with Gasteiger partial charge in [-0.25, -0.2) is 4.39 Å². The zero-order valence-corrected chi connectivity index (χ0v) is 20.0. The van der Waals surface area contributed by atoms with Crippen molar-refractivity contribution in [2.75, 3.05) is 26.2 Å². The lowest BCUT2D eigenvalue weighted by Crippen LogP contribution is -2.60. The van der Waals surface area contributed by atoms with Crippen LogP contribution >= 0.6 is 31.9 Å². The Hall–Kier alpha value is -0.900. The molecule has 1 saturated heterocycles. The number of benzene rings is 1. The Balaban J connectivity index is 1.44. The van der Waals surface area contributed by atoms with Gasteiger partial charge < -0.3 is 9.38 Å². The Labute approximate surface area is 189 Å². The van der Waals surface area contributed by atoms with Gasteiger partial charge in [0.05, 0.1) is 26.2 Å². The average molecular weight is 527 g/mol. The van der Waals surface area contributed by atoms with Crippen LogP contribution < -0.4 is 0 Å². The van der Waals surface area contributed by atoms with Gasteiger partial charge in [0.25, 0.3) is 5.91 Å². The molecule has 2 heterocycles. The zero-order chi connectivity index (χ0) is 20.5. The third-order valence-corrected chi connectivity index (χ3v) is 7.95. The molecule has 0 radical (unpaired) electrons. The van der Waals surface area contributed by atoms with E-state index in [9.17, 15) is 4.79 Å². The molecule has 1 atom stereocenters. The van der Waals surface area contributed by atoms with Crippen molar-refractivity contribution in [1.82, 2.24) is 4.90 Å². The van der Waals surface area contributed by atoms with Crippen molar-refractivity contribution < 1.29 is 13.7 Å². The highest BCUT2D eigenvalue weighted by molar-refractivity contribution is 9.09. The summed E-state index contributed by atoms with van der Waals surface area (Å²) in [6, 6.07) is 4.68. The van der Waals surface area contributed by atoms with Crippen molar-refractivity contribution >= 4 is 37.8 Å². The van der Waals surface area contributed by atoms with Crippen molar-refractivity contribution in [3.63, 3.8) is 0 Å². The lowest BCUT2D eigenvalue weighted by Gasteiger charge is -2.43. The first-order valence-electron chi connectivity index (χ1n) is 10.6. The standard InChI is InChI=1S/C23H28Br2FN2O/c24-14-18-12-20-16-28(17-21(20)13-19(18)15-25)10-8-27(9-11-28)22(29)23(26)6-4-2-1-3-5-7-23/h12-13H,1-4,6,8-11,14-17H2/q+1. The summed E-state index contributed by atoms with van der Waals surface area (Å²) in [5.41, 5.74) is 3.56. The second kappa shape index (κ2) is 8.69. The van der Waals surface area contributed by atoms with Crippen molar-refractivity contribution in [3.8, 4) is 11.8 Å². The van der Waals surface area contributed by atoms with Gasteiger partial charge in [-0.15, -0.1) is 0 Å². The SMILES string of the molecule is O=C(N1CC[N+]2(CC1)Cc1cc(CBr)c(CBr)cc1C2)C1(F)C#CCCCCC1. The van der Waals surface area contributed by atoms with Crippen LogP contribution in [0.5, 0.6) is 0 Å². The monoisotopic (exact) mass is 525 g/mol. The van der Waals surface area contributed by atoms with Crippen LogP contribution in [0, 0.1) is 11.8 Å². The second-order valence-electron chi connectivity index (χ2n) is 8.72. The Kier molecular flexibility index (Phi) is 6.39. The van der Waals surface area contributed by atoms with Gasteiger partial charge in [-0.05, 0) is 36.1 Å². The number of nitrogens with zero attached hydrogens (tertiary/aromatic N) is 2. The van der Waals surface area contributed by atoms with E-state index in [0.717, 1.165) is 60.6 Å². The molecule has 3 aliphatic rings. The predicted octanol–water partition coefficient (Wildman–Crippen LogP) is 4.82. The van der Waals surface area contributed by atoms with Crippen LogP contribution in [-0.4, -0.2) is 47.1 Å². The highest BCUT2D eigenvalue weighted by Crippen LogP contribution is 2.35. The van der Waals surface area contributed by atoms with E-state index < -0.39 is 11.6 Å². The molecular formula is C23H28Br2FN2O+. The van der Waals surface area contributed by atoms with Gasteiger partial charge in [-0.1, -0.05) is 50.1 Å². The molecule has 2 aliphatic heterocycles. The summed E-state index contributed by atoms with van der Waals surface area (Å²) >= 11 is 7.21. The molecule has 0 bridgehead atoms. The molecule has 1 aromatic rings. The first-order valence-corrected chi connectivity index (χ1v) is 12.8. The number of fused-ring (bicyclic) bond motifs is 1. The minimum atomic E-state index is -1.98. The normalized spacial score (nSPS) is 25.7. The summed E-state index contributed by atoms with van der Waals surface area (Å²) in [4.78, 5) is 14.7. The molecule has 1 amide bonds. The molecule has 0 aromatic heterocycles. The summed E-state index contributed by atoms with van der Waals surface area (Å²) in [5.74, 6) is 5.17. The summed E-state index contributed by atoms with van der Waals surface area (Å²) in [5, 5.41) is 1.73. The summed E-state index contributed by atoms with van der Waals surface area (Å²) in [6.45, 7) is 5.04. The van der Waals surface area contributed by atoms with Crippen LogP contribution in [0.3, 0.4) is 0 Å². The van der Waals surface area contributed by atoms with Gasteiger partial charge in [-0.3, -0.25) is 4.79 Å². The number of piperazine rings is 1. The maximum Gasteiger partial charge on any atom is 0.273 e. The number of hydrogen-bond acceptors (Lipinski definition) is 1. The van der Waals surface area contributed by atoms with E-state index in [1.807, 2.05) is 0 Å². The molecule has 3 nitrogen and oxygen atoms in total. The summed E-state index contributed by atoms with van der Waals surface area (Å²) in [6.07, 6.45) is 3.65. The van der Waals surface area contributed by atoms with Gasteiger partial charge in [0, 0.05) is 34.6 Å². The van der Waals surface area contributed by atoms with E-state index in [4.69, 9.17) is 0 Å². The first kappa shape index (κ1) is 21.3. The Morgan fingerprint density at radius 1 is 1.07 bits per heavy atom. The fraction of sp³-hybridized carbons (Fsp3) is 0.609. The van der Waals surface area contributed by atoms with Crippen molar-refractivity contribution in [1.29, 1.82) is 0 Å². The number of rotatable bonds is 3. The van der Waals surface area contributed by atoms with E-state index in [2.05, 4.69) is 55.8 Å². The minimum Gasteiger partial charge on any atom is -0.328 e. The minimum absolute atomic E-state index is 0.241. The number of halogens is 3. The number of quaternary nitrogens is 1. The maximum atomic E-state index is 15.4. The van der Waals surface area contributed by atoms with E-state index in [0.29, 0.717) is 19.5 Å². The third-order valence-electron chi connectivity index (χ3n) is 6.75. The van der Waals surface area contributed by atoms with Gasteiger partial charge in [0.15, 0.2) is 0 Å². The van der Waals surface area contributed by atoms with Crippen LogP contribution in [-0.2, 0) is 28.5 Å². The summed E-state index contributed by atoms with van der Waals surface area (Å²) in [7, 11) is 0.